The third-order valence-electron chi connectivity index (χ3n) is 3.01. The van der Waals surface area contributed by atoms with Gasteiger partial charge in [-0.25, -0.2) is 8.78 Å². The molecule has 0 saturated heterocycles. The van der Waals surface area contributed by atoms with Gasteiger partial charge in [0.2, 0.25) is 0 Å². The van der Waals surface area contributed by atoms with Gasteiger partial charge in [-0.15, -0.1) is 0 Å². The Balaban J connectivity index is 2.47. The second-order valence-electron chi connectivity index (χ2n) is 4.50. The molecule has 5 nitrogen and oxygen atoms in total. The molecule has 120 valence electrons. The summed E-state index contributed by atoms with van der Waals surface area (Å²) >= 11 is 0. The molecule has 0 heterocycles. The van der Waals surface area contributed by atoms with Crippen LogP contribution in [-0.4, -0.2) is 56.0 Å². The first kappa shape index (κ1) is 17.9. The zero-order valence-electron chi connectivity index (χ0n) is 12.0. The van der Waals surface area contributed by atoms with E-state index in [1.807, 2.05) is 0 Å². The molecule has 1 rings (SSSR count). The lowest BCUT2D eigenvalue weighted by molar-refractivity contribution is -0.117. The third kappa shape index (κ3) is 5.29. The monoisotopic (exact) mass is 306 g/mol. The van der Waals surface area contributed by atoms with E-state index in [1.54, 1.807) is 0 Å². The zero-order chi connectivity index (χ0) is 15.8. The van der Waals surface area contributed by atoms with Crippen molar-refractivity contribution < 1.29 is 33.2 Å². The predicted molar refractivity (Wildman–Crippen MR) is 70.7 cm³/mol. The Kier molecular flexibility index (Phi) is 7.69. The molecule has 0 aliphatic heterocycles. The summed E-state index contributed by atoms with van der Waals surface area (Å²) in [5.74, 6) is -1.45. The molecule has 0 aliphatic carbocycles. The van der Waals surface area contributed by atoms with Crippen LogP contribution in [0.1, 0.15) is 5.56 Å². The average molecular weight is 306 g/mol. The van der Waals surface area contributed by atoms with Gasteiger partial charge in [0, 0.05) is 19.8 Å². The molecule has 7 heteroatoms. The average Bonchev–Trinajstić information content (AvgIpc) is 2.46. The molecule has 0 bridgehead atoms. The lowest BCUT2D eigenvalue weighted by Gasteiger charge is -2.25. The Morgan fingerprint density at radius 2 is 1.71 bits per heavy atom. The van der Waals surface area contributed by atoms with Crippen molar-refractivity contribution in [2.24, 2.45) is 0 Å². The maximum atomic E-state index is 13.3. The number of hydrogen-bond acceptors (Lipinski definition) is 5. The Labute approximate surface area is 122 Å². The lowest BCUT2D eigenvalue weighted by atomic mass is 10.1. The summed E-state index contributed by atoms with van der Waals surface area (Å²) in [7, 11) is 2.80. The van der Waals surface area contributed by atoms with Gasteiger partial charge in [-0.1, -0.05) is 6.07 Å². The summed E-state index contributed by atoms with van der Waals surface area (Å²) in [4.78, 5) is 0. The van der Waals surface area contributed by atoms with Gasteiger partial charge >= 0.3 is 0 Å². The minimum atomic E-state index is -1.26. The first-order valence-corrected chi connectivity index (χ1v) is 6.39. The van der Waals surface area contributed by atoms with E-state index in [2.05, 4.69) is 0 Å². The summed E-state index contributed by atoms with van der Waals surface area (Å²) in [5, 5.41) is 19.6. The number of ether oxygens (including phenoxy) is 3. The Morgan fingerprint density at radius 1 is 1.10 bits per heavy atom. The first-order chi connectivity index (χ1) is 10.0. The summed E-state index contributed by atoms with van der Waals surface area (Å²) < 4.78 is 41.5. The highest BCUT2D eigenvalue weighted by Gasteiger charge is 2.26. The summed E-state index contributed by atoms with van der Waals surface area (Å²) in [6.07, 6.45) is -3.22. The second kappa shape index (κ2) is 9.01. The van der Waals surface area contributed by atoms with Gasteiger partial charge in [-0.2, -0.15) is 0 Å². The molecule has 1 aromatic carbocycles. The van der Waals surface area contributed by atoms with Gasteiger partial charge < -0.3 is 24.4 Å². The molecule has 0 unspecified atom stereocenters. The number of aliphatic hydroxyl groups excluding tert-OH is 2. The zero-order valence-corrected chi connectivity index (χ0v) is 12.0. The molecule has 0 fully saturated rings. The number of aliphatic hydroxyl groups is 2. The SMILES string of the molecule is COC[C@H](OC)[C@@H](O)[C@H](O)COCc1c(F)cccc1F. The van der Waals surface area contributed by atoms with Crippen molar-refractivity contribution in [1.29, 1.82) is 0 Å². The first-order valence-electron chi connectivity index (χ1n) is 6.39. The number of hydrogen-bond donors (Lipinski definition) is 2. The van der Waals surface area contributed by atoms with Crippen LogP contribution in [0.3, 0.4) is 0 Å². The molecule has 0 aromatic heterocycles. The highest BCUT2D eigenvalue weighted by atomic mass is 19.1. The van der Waals surface area contributed by atoms with Crippen LogP contribution >= 0.6 is 0 Å². The van der Waals surface area contributed by atoms with E-state index in [1.165, 1.54) is 20.3 Å². The summed E-state index contributed by atoms with van der Waals surface area (Å²) in [6, 6.07) is 3.49. The van der Waals surface area contributed by atoms with Crippen LogP contribution in [0.25, 0.3) is 0 Å². The largest absolute Gasteiger partial charge is 0.388 e. The minimum absolute atomic E-state index is 0.0939. The topological polar surface area (TPSA) is 68.2 Å². The maximum absolute atomic E-state index is 13.3. The lowest BCUT2D eigenvalue weighted by Crippen LogP contribution is -2.43. The van der Waals surface area contributed by atoms with Crippen molar-refractivity contribution in [2.45, 2.75) is 24.9 Å². The van der Waals surface area contributed by atoms with Gasteiger partial charge in [0.1, 0.15) is 29.9 Å². The molecule has 1 aromatic rings. The molecule has 0 radical (unpaired) electrons. The van der Waals surface area contributed by atoms with E-state index in [4.69, 9.17) is 14.2 Å². The molecule has 0 aliphatic rings. The van der Waals surface area contributed by atoms with Gasteiger partial charge in [0.05, 0.1) is 19.8 Å². The van der Waals surface area contributed by atoms with Crippen LogP contribution in [0.4, 0.5) is 8.78 Å². The molecule has 0 spiro atoms. The second-order valence-corrected chi connectivity index (χ2v) is 4.50. The Morgan fingerprint density at radius 3 is 2.24 bits per heavy atom. The van der Waals surface area contributed by atoms with Crippen LogP contribution < -0.4 is 0 Å². The smallest absolute Gasteiger partial charge is 0.131 e. The van der Waals surface area contributed by atoms with Gasteiger partial charge in [0.15, 0.2) is 0 Å². The van der Waals surface area contributed by atoms with E-state index < -0.39 is 29.9 Å². The minimum Gasteiger partial charge on any atom is -0.388 e. The maximum Gasteiger partial charge on any atom is 0.131 e. The highest BCUT2D eigenvalue weighted by Crippen LogP contribution is 2.14. The third-order valence-corrected chi connectivity index (χ3v) is 3.01. The van der Waals surface area contributed by atoms with Crippen molar-refractivity contribution in [3.8, 4) is 0 Å². The van der Waals surface area contributed by atoms with E-state index in [9.17, 15) is 19.0 Å². The van der Waals surface area contributed by atoms with E-state index >= 15 is 0 Å². The Hall–Kier alpha value is -1.12. The fourth-order valence-corrected chi connectivity index (χ4v) is 1.77. The van der Waals surface area contributed by atoms with E-state index in [-0.39, 0.29) is 25.4 Å². The van der Waals surface area contributed by atoms with Crippen molar-refractivity contribution in [3.05, 3.63) is 35.4 Å². The summed E-state index contributed by atoms with van der Waals surface area (Å²) in [5.41, 5.74) is -0.223. The quantitative estimate of drug-likeness (QED) is 0.708. The molecule has 0 saturated carbocycles. The number of methoxy groups -OCH3 is 2. The van der Waals surface area contributed by atoms with Crippen molar-refractivity contribution in [3.63, 3.8) is 0 Å². The van der Waals surface area contributed by atoms with Crippen molar-refractivity contribution >= 4 is 0 Å². The standard InChI is InChI=1S/C14H20F2O5/c1-19-8-13(20-2)14(18)12(17)7-21-6-9-10(15)4-3-5-11(9)16/h3-5,12-14,17-18H,6-8H2,1-2H3/t12-,13+,14+/m1/s1. The normalized spacial score (nSPS) is 15.7. The van der Waals surface area contributed by atoms with Crippen LogP contribution in [0.2, 0.25) is 0 Å². The summed E-state index contributed by atoms with van der Waals surface area (Å²) in [6.45, 7) is -0.542. The molecule has 3 atom stereocenters. The molecule has 0 amide bonds. The Bertz CT molecular complexity index is 410. The van der Waals surface area contributed by atoms with Crippen molar-refractivity contribution in [2.75, 3.05) is 27.4 Å². The molecule has 2 N–H and O–H groups in total. The van der Waals surface area contributed by atoms with Crippen LogP contribution in [0.15, 0.2) is 18.2 Å². The molecular formula is C14H20F2O5. The number of benzene rings is 1. The van der Waals surface area contributed by atoms with Gasteiger partial charge in [-0.05, 0) is 12.1 Å². The van der Waals surface area contributed by atoms with Crippen molar-refractivity contribution in [1.82, 2.24) is 0 Å². The number of halogens is 2. The molecular weight excluding hydrogens is 286 g/mol. The van der Waals surface area contributed by atoms with E-state index in [0.29, 0.717) is 0 Å². The molecule has 21 heavy (non-hydrogen) atoms. The van der Waals surface area contributed by atoms with Crippen LogP contribution in [0.5, 0.6) is 0 Å². The van der Waals surface area contributed by atoms with Crippen LogP contribution in [0, 0.1) is 11.6 Å². The number of rotatable bonds is 9. The van der Waals surface area contributed by atoms with Gasteiger partial charge in [0.25, 0.3) is 0 Å². The highest BCUT2D eigenvalue weighted by molar-refractivity contribution is 5.18. The van der Waals surface area contributed by atoms with Gasteiger partial charge in [-0.3, -0.25) is 0 Å². The fraction of sp³-hybridized carbons (Fsp3) is 0.571. The van der Waals surface area contributed by atoms with Crippen LogP contribution in [-0.2, 0) is 20.8 Å². The van der Waals surface area contributed by atoms with E-state index in [0.717, 1.165) is 12.1 Å². The predicted octanol–water partition coefficient (Wildman–Crippen LogP) is 0.865. The fourth-order valence-electron chi connectivity index (χ4n) is 1.77.